The molecule has 1 aromatic carbocycles. The van der Waals surface area contributed by atoms with Crippen LogP contribution in [0.25, 0.3) is 0 Å². The Morgan fingerprint density at radius 1 is 1.13 bits per heavy atom. The first kappa shape index (κ1) is 25.4. The number of likely N-dealkylation sites (tertiary alicyclic amines) is 1. The predicted octanol–water partition coefficient (Wildman–Crippen LogP) is 3.71. The molecule has 1 aliphatic heterocycles. The van der Waals surface area contributed by atoms with Crippen LogP contribution in [0.3, 0.4) is 0 Å². The summed E-state index contributed by atoms with van der Waals surface area (Å²) in [6.07, 6.45) is 6.81. The zero-order chi connectivity index (χ0) is 26.8. The van der Waals surface area contributed by atoms with Crippen molar-refractivity contribution in [3.63, 3.8) is 0 Å². The minimum absolute atomic E-state index is 0.107. The number of carbonyl (C=O) groups excluding carboxylic acids is 2. The number of phenolic OH excluding ortho intramolecular Hbond substituents is 1. The number of esters is 1. The zero-order valence-corrected chi connectivity index (χ0v) is 22.3. The Hall–Kier alpha value is -2.85. The van der Waals surface area contributed by atoms with Gasteiger partial charge in [-0.15, -0.1) is 0 Å². The van der Waals surface area contributed by atoms with E-state index in [4.69, 9.17) is 14.3 Å². The molecule has 3 fully saturated rings. The lowest BCUT2D eigenvalue weighted by molar-refractivity contribution is -0.162. The standard InChI is InChI=1S/C28H34N2O7S/c1-28-13-12-19-18-7-5-17(31)15-16(18)4-6-20(19)21(28)8-10-24(28)37-27(33)22-3-2-14-30(22)26(32)23-9-11-25(36-23)38(29,34)35/h5,7,9,11,15,19-22,24,31H,2-4,6,8,10,12-14H2,1H3,(H2,29,34,35)/t19-,20-,21+,22+,24+,28+/m1/s1. The number of primary sulfonamides is 1. The molecule has 2 saturated carbocycles. The summed E-state index contributed by atoms with van der Waals surface area (Å²) in [4.78, 5) is 27.9. The van der Waals surface area contributed by atoms with Crippen LogP contribution in [0.4, 0.5) is 0 Å². The molecule has 3 N–H and O–H groups in total. The van der Waals surface area contributed by atoms with Crippen molar-refractivity contribution < 1.29 is 32.3 Å². The summed E-state index contributed by atoms with van der Waals surface area (Å²) in [5.41, 5.74) is 2.52. The van der Waals surface area contributed by atoms with Crippen molar-refractivity contribution >= 4 is 21.9 Å². The number of sulfonamides is 1. The molecule has 1 saturated heterocycles. The maximum atomic E-state index is 13.4. The molecule has 0 bridgehead atoms. The number of ether oxygens (including phenoxy) is 1. The lowest BCUT2D eigenvalue weighted by Gasteiger charge is -2.50. The van der Waals surface area contributed by atoms with Crippen LogP contribution in [-0.4, -0.2) is 49.0 Å². The lowest BCUT2D eigenvalue weighted by Crippen LogP contribution is -2.47. The van der Waals surface area contributed by atoms with Crippen molar-refractivity contribution in [2.75, 3.05) is 6.54 Å². The van der Waals surface area contributed by atoms with Crippen LogP contribution in [-0.2, 0) is 26.0 Å². The summed E-state index contributed by atoms with van der Waals surface area (Å²) < 4.78 is 34.5. The van der Waals surface area contributed by atoms with E-state index in [2.05, 4.69) is 13.0 Å². The van der Waals surface area contributed by atoms with Gasteiger partial charge in [-0.25, -0.2) is 18.4 Å². The van der Waals surface area contributed by atoms with E-state index in [1.165, 1.54) is 22.1 Å². The molecule has 0 radical (unpaired) electrons. The largest absolute Gasteiger partial charge is 0.508 e. The van der Waals surface area contributed by atoms with Gasteiger partial charge in [0.05, 0.1) is 0 Å². The molecule has 1 amide bonds. The fraction of sp³-hybridized carbons (Fsp3) is 0.571. The fourth-order valence-corrected chi connectivity index (χ4v) is 8.38. The van der Waals surface area contributed by atoms with Crippen molar-refractivity contribution in [3.8, 4) is 5.75 Å². The van der Waals surface area contributed by atoms with Crippen LogP contribution in [0, 0.1) is 17.3 Å². The molecule has 4 aliphatic rings. The normalized spacial score (nSPS) is 32.4. The van der Waals surface area contributed by atoms with Crippen molar-refractivity contribution in [1.29, 1.82) is 0 Å². The monoisotopic (exact) mass is 542 g/mol. The third-order valence-electron chi connectivity index (χ3n) is 9.74. The van der Waals surface area contributed by atoms with Gasteiger partial charge in [-0.3, -0.25) is 4.79 Å². The number of aromatic hydroxyl groups is 1. The summed E-state index contributed by atoms with van der Waals surface area (Å²) in [6.45, 7) is 2.63. The highest BCUT2D eigenvalue weighted by Gasteiger charge is 2.56. The van der Waals surface area contributed by atoms with Crippen LogP contribution < -0.4 is 5.14 Å². The van der Waals surface area contributed by atoms with E-state index in [9.17, 15) is 23.1 Å². The summed E-state index contributed by atoms with van der Waals surface area (Å²) >= 11 is 0. The minimum atomic E-state index is -4.07. The second kappa shape index (κ2) is 9.12. The quantitative estimate of drug-likeness (QED) is 0.561. The summed E-state index contributed by atoms with van der Waals surface area (Å²) in [7, 11) is -4.07. The first-order valence-corrected chi connectivity index (χ1v) is 15.1. The number of phenols is 1. The van der Waals surface area contributed by atoms with Gasteiger partial charge in [-0.05, 0) is 105 Å². The van der Waals surface area contributed by atoms with Gasteiger partial charge in [0.1, 0.15) is 17.9 Å². The molecule has 9 nitrogen and oxygen atoms in total. The van der Waals surface area contributed by atoms with Crippen LogP contribution in [0.1, 0.15) is 79.5 Å². The van der Waals surface area contributed by atoms with Crippen molar-refractivity contribution in [2.45, 2.75) is 81.4 Å². The van der Waals surface area contributed by atoms with Gasteiger partial charge in [0.15, 0.2) is 5.76 Å². The molecule has 6 rings (SSSR count). The minimum Gasteiger partial charge on any atom is -0.508 e. The number of hydrogen-bond acceptors (Lipinski definition) is 7. The number of rotatable bonds is 4. The number of fused-ring (bicyclic) bond motifs is 5. The van der Waals surface area contributed by atoms with E-state index in [0.29, 0.717) is 42.9 Å². The van der Waals surface area contributed by atoms with Crippen LogP contribution in [0.2, 0.25) is 0 Å². The first-order chi connectivity index (χ1) is 18.1. The van der Waals surface area contributed by atoms with E-state index in [0.717, 1.165) is 44.6 Å². The lowest BCUT2D eigenvalue weighted by atomic mass is 9.55. The molecule has 0 unspecified atom stereocenters. The van der Waals surface area contributed by atoms with Gasteiger partial charge in [0.25, 0.3) is 15.9 Å². The fourth-order valence-electron chi connectivity index (χ4n) is 7.92. The average Bonchev–Trinajstić information content (AvgIpc) is 3.62. The van der Waals surface area contributed by atoms with Gasteiger partial charge in [-0.1, -0.05) is 13.0 Å². The van der Waals surface area contributed by atoms with Gasteiger partial charge in [-0.2, -0.15) is 0 Å². The molecular formula is C28H34N2O7S. The van der Waals surface area contributed by atoms with E-state index in [1.54, 1.807) is 6.07 Å². The highest BCUT2D eigenvalue weighted by Crippen LogP contribution is 2.61. The topological polar surface area (TPSA) is 140 Å². The summed E-state index contributed by atoms with van der Waals surface area (Å²) in [6, 6.07) is 7.49. The number of aryl methyl sites for hydroxylation is 1. The molecule has 2 aromatic rings. The molecule has 0 spiro atoms. The highest BCUT2D eigenvalue weighted by molar-refractivity contribution is 7.89. The smallest absolute Gasteiger partial charge is 0.329 e. The molecule has 10 heteroatoms. The molecule has 38 heavy (non-hydrogen) atoms. The Kier molecular flexibility index (Phi) is 6.10. The number of amides is 1. The Morgan fingerprint density at radius 2 is 1.95 bits per heavy atom. The van der Waals surface area contributed by atoms with Crippen LogP contribution in [0.5, 0.6) is 5.75 Å². The molecule has 6 atom stereocenters. The van der Waals surface area contributed by atoms with Gasteiger partial charge >= 0.3 is 5.97 Å². The third-order valence-corrected chi connectivity index (χ3v) is 10.5. The average molecular weight is 543 g/mol. The molecule has 1 aromatic heterocycles. The number of nitrogens with zero attached hydrogens (tertiary/aromatic N) is 1. The molecule has 2 heterocycles. The summed E-state index contributed by atoms with van der Waals surface area (Å²) in [5.74, 6) is 0.700. The Morgan fingerprint density at radius 3 is 2.71 bits per heavy atom. The zero-order valence-electron chi connectivity index (χ0n) is 21.5. The number of furan rings is 1. The van der Waals surface area contributed by atoms with Gasteiger partial charge in [0.2, 0.25) is 5.09 Å². The number of benzene rings is 1. The second-order valence-electron chi connectivity index (χ2n) is 11.7. The summed E-state index contributed by atoms with van der Waals surface area (Å²) in [5, 5.41) is 14.5. The van der Waals surface area contributed by atoms with E-state index >= 15 is 0 Å². The Bertz CT molecular complexity index is 1390. The van der Waals surface area contributed by atoms with Crippen molar-refractivity contribution in [1.82, 2.24) is 4.90 Å². The highest BCUT2D eigenvalue weighted by atomic mass is 32.2. The Labute approximate surface area is 222 Å². The third kappa shape index (κ3) is 4.12. The SMILES string of the molecule is C[C@]12CC[C@@H]3c4ccc(O)cc4CC[C@H]3[C@@H]1CC[C@@H]2OC(=O)[C@@H]1CCCN1C(=O)c1ccc(S(N)(=O)=O)o1. The molecular weight excluding hydrogens is 508 g/mol. The second-order valence-corrected chi connectivity index (χ2v) is 13.2. The maximum absolute atomic E-state index is 13.4. The first-order valence-electron chi connectivity index (χ1n) is 13.5. The van der Waals surface area contributed by atoms with Crippen molar-refractivity contribution in [2.24, 2.45) is 22.4 Å². The van der Waals surface area contributed by atoms with Crippen LogP contribution >= 0.6 is 0 Å². The van der Waals surface area contributed by atoms with Crippen LogP contribution in [0.15, 0.2) is 39.8 Å². The van der Waals surface area contributed by atoms with Gasteiger partial charge in [0, 0.05) is 12.0 Å². The van der Waals surface area contributed by atoms with E-state index in [1.807, 2.05) is 6.07 Å². The Balaban J connectivity index is 1.16. The molecule has 3 aliphatic carbocycles. The number of nitrogens with two attached hydrogens (primary N) is 1. The number of carbonyl (C=O) groups is 2. The predicted molar refractivity (Wildman–Crippen MR) is 137 cm³/mol. The van der Waals surface area contributed by atoms with Gasteiger partial charge < -0.3 is 19.2 Å². The van der Waals surface area contributed by atoms with Crippen molar-refractivity contribution in [3.05, 3.63) is 47.2 Å². The van der Waals surface area contributed by atoms with E-state index in [-0.39, 0.29) is 17.3 Å². The maximum Gasteiger partial charge on any atom is 0.329 e. The molecule has 204 valence electrons. The number of hydrogen-bond donors (Lipinski definition) is 2. The van der Waals surface area contributed by atoms with E-state index < -0.39 is 33.0 Å².